The molecule has 0 spiro atoms. The molecule has 0 aromatic heterocycles. The summed E-state index contributed by atoms with van der Waals surface area (Å²) in [6.07, 6.45) is 0. The monoisotopic (exact) mass is 301 g/mol. The van der Waals surface area contributed by atoms with Crippen molar-refractivity contribution in [3.63, 3.8) is 0 Å². The second kappa shape index (κ2) is 9.30. The third-order valence-electron chi connectivity index (χ3n) is 2.48. The zero-order chi connectivity index (χ0) is 14.3. The Morgan fingerprint density at radius 2 is 1.85 bits per heavy atom. The third-order valence-corrected chi connectivity index (χ3v) is 2.48. The molecule has 0 bridgehead atoms. The molecule has 4 N–H and O–H groups in total. The largest absolute Gasteiger partial charge is 0.383 e. The normalized spacial score (nSPS) is 12.8. The fraction of sp³-hybridized carbons (Fsp3) is 0.385. The molecule has 0 aliphatic heterocycles. The number of carbonyl (C=O) groups excluding carboxylic acids is 2. The molecule has 1 rings (SSSR count). The first-order chi connectivity index (χ1) is 9.04. The Morgan fingerprint density at radius 3 is 2.40 bits per heavy atom. The molecule has 20 heavy (non-hydrogen) atoms. The van der Waals surface area contributed by atoms with Crippen LogP contribution in [0.3, 0.4) is 0 Å². The number of para-hydroxylation sites is 1. The molecule has 112 valence electrons. The molecule has 1 aromatic carbocycles. The predicted molar refractivity (Wildman–Crippen MR) is 79.8 cm³/mol. The van der Waals surface area contributed by atoms with E-state index in [2.05, 4.69) is 10.6 Å². The minimum Gasteiger partial charge on any atom is -0.383 e. The number of ether oxygens (including phenoxy) is 1. The minimum atomic E-state index is -0.781. The number of methoxy groups -OCH3 is 1. The van der Waals surface area contributed by atoms with Crippen LogP contribution in [0.5, 0.6) is 0 Å². The molecule has 0 fully saturated rings. The zero-order valence-corrected chi connectivity index (χ0v) is 12.3. The maximum atomic E-state index is 11.8. The third kappa shape index (κ3) is 6.01. The van der Waals surface area contributed by atoms with Crippen LogP contribution in [0.2, 0.25) is 0 Å². The van der Waals surface area contributed by atoms with Gasteiger partial charge in [-0.1, -0.05) is 18.2 Å². The van der Waals surface area contributed by atoms with Crippen LogP contribution in [0.4, 0.5) is 5.69 Å². The first kappa shape index (κ1) is 18.4. The summed E-state index contributed by atoms with van der Waals surface area (Å²) >= 11 is 0. The molecule has 6 nitrogen and oxygen atoms in total. The van der Waals surface area contributed by atoms with Crippen molar-refractivity contribution >= 4 is 29.9 Å². The van der Waals surface area contributed by atoms with Gasteiger partial charge in [-0.05, 0) is 19.1 Å². The second-order valence-electron chi connectivity index (χ2n) is 4.15. The lowest BCUT2D eigenvalue weighted by Crippen LogP contribution is -2.50. The van der Waals surface area contributed by atoms with Crippen molar-refractivity contribution in [1.29, 1.82) is 0 Å². The van der Waals surface area contributed by atoms with E-state index in [1.807, 2.05) is 18.2 Å². The average Bonchev–Trinajstić information content (AvgIpc) is 2.40. The van der Waals surface area contributed by atoms with Crippen LogP contribution < -0.4 is 16.4 Å². The Bertz CT molecular complexity index is 428. The van der Waals surface area contributed by atoms with Gasteiger partial charge in [-0.2, -0.15) is 0 Å². The first-order valence-corrected chi connectivity index (χ1v) is 5.95. The smallest absolute Gasteiger partial charge is 0.246 e. The maximum Gasteiger partial charge on any atom is 0.246 e. The van der Waals surface area contributed by atoms with E-state index >= 15 is 0 Å². The lowest BCUT2D eigenvalue weighted by molar-refractivity contribution is -0.127. The molecule has 0 saturated carbocycles. The lowest BCUT2D eigenvalue weighted by Gasteiger charge is -2.17. The van der Waals surface area contributed by atoms with Gasteiger partial charge >= 0.3 is 0 Å². The van der Waals surface area contributed by atoms with Crippen molar-refractivity contribution in [2.75, 3.05) is 19.0 Å². The first-order valence-electron chi connectivity index (χ1n) is 5.95. The molecule has 1 aromatic rings. The molecule has 0 radical (unpaired) electrons. The van der Waals surface area contributed by atoms with Gasteiger partial charge in [0.2, 0.25) is 11.8 Å². The summed E-state index contributed by atoms with van der Waals surface area (Å²) in [5.41, 5.74) is 6.24. The number of amides is 2. The summed E-state index contributed by atoms with van der Waals surface area (Å²) in [7, 11) is 1.46. The maximum absolute atomic E-state index is 11.8. The summed E-state index contributed by atoms with van der Waals surface area (Å²) < 4.78 is 4.78. The van der Waals surface area contributed by atoms with Gasteiger partial charge in [0.1, 0.15) is 12.1 Å². The van der Waals surface area contributed by atoms with Gasteiger partial charge in [0.05, 0.1) is 6.61 Å². The molecule has 0 heterocycles. The molecule has 0 aliphatic rings. The number of hydrogen-bond donors (Lipinski definition) is 3. The average molecular weight is 302 g/mol. The highest BCUT2D eigenvalue weighted by Crippen LogP contribution is 2.05. The van der Waals surface area contributed by atoms with Crippen molar-refractivity contribution in [2.24, 2.45) is 5.73 Å². The van der Waals surface area contributed by atoms with Crippen LogP contribution >= 0.6 is 12.4 Å². The fourth-order valence-electron chi connectivity index (χ4n) is 1.41. The highest BCUT2D eigenvalue weighted by Gasteiger charge is 2.19. The summed E-state index contributed by atoms with van der Waals surface area (Å²) in [5, 5.41) is 5.22. The predicted octanol–water partition coefficient (Wildman–Crippen LogP) is 0.525. The highest BCUT2D eigenvalue weighted by molar-refractivity contribution is 5.97. The van der Waals surface area contributed by atoms with E-state index in [9.17, 15) is 9.59 Å². The fourth-order valence-corrected chi connectivity index (χ4v) is 1.41. The van der Waals surface area contributed by atoms with Gasteiger partial charge in [0, 0.05) is 12.8 Å². The Kier molecular flexibility index (Phi) is 8.54. The topological polar surface area (TPSA) is 93.4 Å². The number of hydrogen-bond acceptors (Lipinski definition) is 4. The quantitative estimate of drug-likeness (QED) is 0.714. The summed E-state index contributed by atoms with van der Waals surface area (Å²) in [6.45, 7) is 1.70. The molecular formula is C13H20ClN3O3. The number of nitrogens with one attached hydrogen (secondary N) is 2. The van der Waals surface area contributed by atoms with Crippen LogP contribution in [-0.2, 0) is 14.3 Å². The summed E-state index contributed by atoms with van der Waals surface area (Å²) in [5.74, 6) is -0.721. The van der Waals surface area contributed by atoms with Gasteiger partial charge in [-0.15, -0.1) is 12.4 Å². The van der Waals surface area contributed by atoms with Crippen LogP contribution in [0.15, 0.2) is 30.3 Å². The molecule has 7 heteroatoms. The molecule has 2 amide bonds. The Morgan fingerprint density at radius 1 is 1.25 bits per heavy atom. The Labute approximate surface area is 124 Å². The van der Waals surface area contributed by atoms with Gasteiger partial charge in [0.15, 0.2) is 0 Å². The van der Waals surface area contributed by atoms with E-state index in [0.29, 0.717) is 5.69 Å². The van der Waals surface area contributed by atoms with Gasteiger partial charge in [0.25, 0.3) is 0 Å². The van der Waals surface area contributed by atoms with Crippen molar-refractivity contribution in [3.8, 4) is 0 Å². The van der Waals surface area contributed by atoms with Crippen molar-refractivity contribution in [3.05, 3.63) is 30.3 Å². The van der Waals surface area contributed by atoms with Crippen molar-refractivity contribution in [2.45, 2.75) is 19.0 Å². The van der Waals surface area contributed by atoms with Crippen LogP contribution in [0.1, 0.15) is 6.92 Å². The van der Waals surface area contributed by atoms with Crippen LogP contribution in [0, 0.1) is 0 Å². The van der Waals surface area contributed by atoms with Crippen molar-refractivity contribution < 1.29 is 14.3 Å². The zero-order valence-electron chi connectivity index (χ0n) is 11.5. The van der Waals surface area contributed by atoms with E-state index in [1.54, 1.807) is 19.1 Å². The molecule has 0 aliphatic carbocycles. The SMILES string of the molecule is COCC(N)C(=O)NC(C)C(=O)Nc1ccccc1.Cl. The number of rotatable bonds is 6. The van der Waals surface area contributed by atoms with E-state index in [4.69, 9.17) is 10.5 Å². The van der Waals surface area contributed by atoms with E-state index in [0.717, 1.165) is 0 Å². The molecular weight excluding hydrogens is 282 g/mol. The van der Waals surface area contributed by atoms with E-state index < -0.39 is 18.0 Å². The minimum absolute atomic E-state index is 0. The van der Waals surface area contributed by atoms with E-state index in [1.165, 1.54) is 7.11 Å². The Hall–Kier alpha value is -1.63. The second-order valence-corrected chi connectivity index (χ2v) is 4.15. The van der Waals surface area contributed by atoms with Gasteiger partial charge in [-0.3, -0.25) is 9.59 Å². The summed E-state index contributed by atoms with van der Waals surface area (Å²) in [6, 6.07) is 7.56. The molecule has 2 atom stereocenters. The number of halogens is 1. The van der Waals surface area contributed by atoms with Gasteiger partial charge < -0.3 is 21.1 Å². The standard InChI is InChI=1S/C13H19N3O3.ClH/c1-9(15-13(18)11(14)8-19-2)12(17)16-10-6-4-3-5-7-10;/h3-7,9,11H,8,14H2,1-2H3,(H,15,18)(H,16,17);1H. The molecule has 0 saturated heterocycles. The molecule has 2 unspecified atom stereocenters. The summed E-state index contributed by atoms with van der Waals surface area (Å²) in [4.78, 5) is 23.4. The van der Waals surface area contributed by atoms with Crippen LogP contribution in [0.25, 0.3) is 0 Å². The van der Waals surface area contributed by atoms with Crippen molar-refractivity contribution in [1.82, 2.24) is 5.32 Å². The highest BCUT2D eigenvalue weighted by atomic mass is 35.5. The number of carbonyl (C=O) groups is 2. The number of anilines is 1. The number of benzene rings is 1. The lowest BCUT2D eigenvalue weighted by atomic mass is 10.2. The number of nitrogens with two attached hydrogens (primary N) is 1. The van der Waals surface area contributed by atoms with Gasteiger partial charge in [-0.25, -0.2) is 0 Å². The van der Waals surface area contributed by atoms with Crippen LogP contribution in [-0.4, -0.2) is 37.6 Å². The Balaban J connectivity index is 0.00000361. The van der Waals surface area contributed by atoms with E-state index in [-0.39, 0.29) is 24.9 Å².